The lowest BCUT2D eigenvalue weighted by molar-refractivity contribution is -0.122. The second-order valence-corrected chi connectivity index (χ2v) is 7.33. The molecule has 2 amide bonds. The predicted molar refractivity (Wildman–Crippen MR) is 116 cm³/mol. The van der Waals surface area contributed by atoms with E-state index in [4.69, 9.17) is 4.74 Å². The fourth-order valence-corrected chi connectivity index (χ4v) is 4.02. The van der Waals surface area contributed by atoms with Crippen molar-refractivity contribution in [2.24, 2.45) is 0 Å². The highest BCUT2D eigenvalue weighted by atomic mass is 16.5. The van der Waals surface area contributed by atoms with E-state index < -0.39 is 12.1 Å². The maximum atomic E-state index is 12.5. The number of likely N-dealkylation sites (N-methyl/N-ethyl adjacent to an activating group) is 1. The first-order chi connectivity index (χ1) is 14.7. The van der Waals surface area contributed by atoms with E-state index in [0.29, 0.717) is 6.42 Å². The number of alkyl carbamates (subject to hydrolysis) is 1. The summed E-state index contributed by atoms with van der Waals surface area (Å²) < 4.78 is 5.57. The van der Waals surface area contributed by atoms with Crippen LogP contribution in [0.2, 0.25) is 0 Å². The summed E-state index contributed by atoms with van der Waals surface area (Å²) in [6.45, 7) is 0.214. The molecule has 1 aliphatic carbocycles. The zero-order valence-electron chi connectivity index (χ0n) is 16.8. The molecule has 3 aromatic carbocycles. The Morgan fingerprint density at radius 3 is 2.03 bits per heavy atom. The van der Waals surface area contributed by atoms with Gasteiger partial charge < -0.3 is 15.4 Å². The number of fused-ring (bicyclic) bond motifs is 3. The lowest BCUT2D eigenvalue weighted by Crippen LogP contribution is -2.47. The molecule has 0 aliphatic heterocycles. The van der Waals surface area contributed by atoms with Gasteiger partial charge in [-0.25, -0.2) is 4.79 Å². The van der Waals surface area contributed by atoms with Crippen molar-refractivity contribution in [2.75, 3.05) is 13.7 Å². The van der Waals surface area contributed by atoms with E-state index in [1.807, 2.05) is 54.6 Å². The third kappa shape index (κ3) is 4.06. The highest BCUT2D eigenvalue weighted by molar-refractivity contribution is 5.85. The zero-order chi connectivity index (χ0) is 20.9. The smallest absolute Gasteiger partial charge is 0.407 e. The number of carbonyl (C=O) groups is 2. The molecule has 0 bridgehead atoms. The van der Waals surface area contributed by atoms with E-state index >= 15 is 0 Å². The van der Waals surface area contributed by atoms with Crippen LogP contribution in [0.5, 0.6) is 0 Å². The summed E-state index contributed by atoms with van der Waals surface area (Å²) in [5, 5.41) is 5.32. The van der Waals surface area contributed by atoms with E-state index in [9.17, 15) is 9.59 Å². The molecule has 0 heterocycles. The Kier molecular flexibility index (Phi) is 5.80. The molecule has 2 N–H and O–H groups in total. The molecule has 0 saturated heterocycles. The molecule has 0 fully saturated rings. The molecule has 4 rings (SSSR count). The van der Waals surface area contributed by atoms with Crippen LogP contribution in [-0.4, -0.2) is 31.7 Å². The molecule has 0 radical (unpaired) electrons. The molecule has 0 aromatic heterocycles. The lowest BCUT2D eigenvalue weighted by atomic mass is 9.98. The minimum atomic E-state index is -0.701. The van der Waals surface area contributed by atoms with Crippen LogP contribution < -0.4 is 10.6 Å². The van der Waals surface area contributed by atoms with Gasteiger partial charge in [-0.05, 0) is 27.8 Å². The quantitative estimate of drug-likeness (QED) is 0.660. The minimum Gasteiger partial charge on any atom is -0.449 e. The standard InChI is InChI=1S/C25H24N2O3/c1-26-24(28)23(15-17-9-3-2-4-10-17)27-25(29)30-16-22-20-13-7-5-11-18(20)19-12-6-8-14-21(19)22/h2-14,22-23H,15-16H2,1H3,(H,26,28)(H,27,29). The van der Waals surface area contributed by atoms with Crippen molar-refractivity contribution in [1.29, 1.82) is 0 Å². The summed E-state index contributed by atoms with van der Waals surface area (Å²) in [4.78, 5) is 24.8. The zero-order valence-corrected chi connectivity index (χ0v) is 16.8. The lowest BCUT2D eigenvalue weighted by Gasteiger charge is -2.19. The molecule has 1 atom stereocenters. The van der Waals surface area contributed by atoms with Crippen LogP contribution >= 0.6 is 0 Å². The molecule has 30 heavy (non-hydrogen) atoms. The topological polar surface area (TPSA) is 67.4 Å². The second-order valence-electron chi connectivity index (χ2n) is 7.33. The van der Waals surface area contributed by atoms with E-state index in [-0.39, 0.29) is 18.4 Å². The number of nitrogens with one attached hydrogen (secondary N) is 2. The maximum Gasteiger partial charge on any atom is 0.407 e. The number of hydrogen-bond donors (Lipinski definition) is 2. The van der Waals surface area contributed by atoms with Crippen LogP contribution in [0.15, 0.2) is 78.9 Å². The van der Waals surface area contributed by atoms with E-state index in [0.717, 1.165) is 16.7 Å². The molecule has 5 heteroatoms. The molecule has 3 aromatic rings. The van der Waals surface area contributed by atoms with E-state index in [1.165, 1.54) is 11.1 Å². The largest absolute Gasteiger partial charge is 0.449 e. The van der Waals surface area contributed by atoms with Gasteiger partial charge in [-0.2, -0.15) is 0 Å². The van der Waals surface area contributed by atoms with Crippen LogP contribution in [0.3, 0.4) is 0 Å². The predicted octanol–water partition coefficient (Wildman–Crippen LogP) is 3.88. The van der Waals surface area contributed by atoms with Gasteiger partial charge in [-0.1, -0.05) is 78.9 Å². The summed E-state index contributed by atoms with van der Waals surface area (Å²) >= 11 is 0. The average molecular weight is 400 g/mol. The monoisotopic (exact) mass is 400 g/mol. The fraction of sp³-hybridized carbons (Fsp3) is 0.200. The highest BCUT2D eigenvalue weighted by Crippen LogP contribution is 2.44. The number of rotatable bonds is 6. The van der Waals surface area contributed by atoms with Crippen molar-refractivity contribution in [3.05, 3.63) is 95.6 Å². The SMILES string of the molecule is CNC(=O)C(Cc1ccccc1)NC(=O)OCC1c2ccccc2-c2ccccc21. The summed E-state index contributed by atoms with van der Waals surface area (Å²) in [6.07, 6.45) is -0.202. The van der Waals surface area contributed by atoms with E-state index in [2.05, 4.69) is 34.9 Å². The van der Waals surface area contributed by atoms with Gasteiger partial charge in [0.15, 0.2) is 0 Å². The van der Waals surface area contributed by atoms with E-state index in [1.54, 1.807) is 7.05 Å². The fourth-order valence-electron chi connectivity index (χ4n) is 4.02. The normalized spacial score (nSPS) is 13.1. The van der Waals surface area contributed by atoms with Crippen molar-refractivity contribution in [3.63, 3.8) is 0 Å². The van der Waals surface area contributed by atoms with Gasteiger partial charge in [0.1, 0.15) is 12.6 Å². The van der Waals surface area contributed by atoms with Crippen molar-refractivity contribution in [2.45, 2.75) is 18.4 Å². The Morgan fingerprint density at radius 1 is 0.867 bits per heavy atom. The van der Waals surface area contributed by atoms with Gasteiger partial charge >= 0.3 is 6.09 Å². The molecule has 0 saturated carbocycles. The van der Waals surface area contributed by atoms with Gasteiger partial charge in [-0.15, -0.1) is 0 Å². The summed E-state index contributed by atoms with van der Waals surface area (Å²) in [7, 11) is 1.56. The van der Waals surface area contributed by atoms with Crippen molar-refractivity contribution in [1.82, 2.24) is 10.6 Å². The number of benzene rings is 3. The molecule has 1 aliphatic rings. The molecule has 0 spiro atoms. The molecule has 5 nitrogen and oxygen atoms in total. The maximum absolute atomic E-state index is 12.5. The number of amides is 2. The van der Waals surface area contributed by atoms with Crippen molar-refractivity contribution < 1.29 is 14.3 Å². The minimum absolute atomic E-state index is 0.0178. The Hall–Kier alpha value is -3.60. The summed E-state index contributed by atoms with van der Waals surface area (Å²) in [5.41, 5.74) is 5.62. The average Bonchev–Trinajstić information content (AvgIpc) is 3.11. The van der Waals surface area contributed by atoms with Gasteiger partial charge in [0.25, 0.3) is 0 Å². The molecule has 152 valence electrons. The number of hydrogen-bond acceptors (Lipinski definition) is 3. The highest BCUT2D eigenvalue weighted by Gasteiger charge is 2.29. The van der Waals surface area contributed by atoms with Gasteiger partial charge in [0, 0.05) is 19.4 Å². The van der Waals surface area contributed by atoms with Crippen LogP contribution in [0.25, 0.3) is 11.1 Å². The first kappa shape index (κ1) is 19.7. The number of carbonyl (C=O) groups excluding carboxylic acids is 2. The Balaban J connectivity index is 1.44. The molecule has 1 unspecified atom stereocenters. The first-order valence-electron chi connectivity index (χ1n) is 10.0. The van der Waals surface area contributed by atoms with Crippen LogP contribution in [0.4, 0.5) is 4.79 Å². The van der Waals surface area contributed by atoms with Crippen LogP contribution in [0.1, 0.15) is 22.6 Å². The molecular weight excluding hydrogens is 376 g/mol. The van der Waals surface area contributed by atoms with Crippen LogP contribution in [0, 0.1) is 0 Å². The Labute approximate surface area is 176 Å². The summed E-state index contributed by atoms with van der Waals surface area (Å²) in [5.74, 6) is -0.275. The third-order valence-electron chi connectivity index (χ3n) is 5.48. The van der Waals surface area contributed by atoms with Gasteiger partial charge in [0.05, 0.1) is 0 Å². The Bertz CT molecular complexity index is 1000. The Morgan fingerprint density at radius 2 is 1.43 bits per heavy atom. The second kappa shape index (κ2) is 8.82. The van der Waals surface area contributed by atoms with Crippen LogP contribution in [-0.2, 0) is 16.0 Å². The number of ether oxygens (including phenoxy) is 1. The van der Waals surface area contributed by atoms with Gasteiger partial charge in [0.2, 0.25) is 5.91 Å². The van der Waals surface area contributed by atoms with Crippen molar-refractivity contribution >= 4 is 12.0 Å². The summed E-state index contributed by atoms with van der Waals surface area (Å²) in [6, 6.07) is 25.2. The van der Waals surface area contributed by atoms with Crippen molar-refractivity contribution in [3.8, 4) is 11.1 Å². The first-order valence-corrected chi connectivity index (χ1v) is 10.0. The third-order valence-corrected chi connectivity index (χ3v) is 5.48. The van der Waals surface area contributed by atoms with Gasteiger partial charge in [-0.3, -0.25) is 4.79 Å². The molecular formula is C25H24N2O3.